The van der Waals surface area contributed by atoms with Gasteiger partial charge in [0.05, 0.1) is 5.56 Å². The first kappa shape index (κ1) is 32.3. The molecule has 2 N–H and O–H groups in total. The summed E-state index contributed by atoms with van der Waals surface area (Å²) in [6, 6.07) is 26.2. The number of benzene rings is 3. The van der Waals surface area contributed by atoms with Crippen LogP contribution in [0.2, 0.25) is 0 Å². The summed E-state index contributed by atoms with van der Waals surface area (Å²) in [5, 5.41) is 17.0. The number of aromatic carboxylic acids is 1. The molecular weight excluding hydrogens is 388 g/mol. The Morgan fingerprint density at radius 2 is 0.839 bits per heavy atom. The van der Waals surface area contributed by atoms with Gasteiger partial charge in [-0.3, -0.25) is 4.79 Å². The van der Waals surface area contributed by atoms with Gasteiger partial charge in [0.2, 0.25) is 0 Å². The Kier molecular flexibility index (Phi) is 25.6. The summed E-state index contributed by atoms with van der Waals surface area (Å²) in [7, 11) is 0. The Hall–Kier alpha value is -3.40. The number of phenols is 1. The molecule has 3 rings (SSSR count). The van der Waals surface area contributed by atoms with Crippen molar-refractivity contribution < 1.29 is 19.8 Å². The van der Waals surface area contributed by atoms with E-state index in [1.165, 1.54) is 0 Å². The van der Waals surface area contributed by atoms with Gasteiger partial charge in [0.25, 0.3) is 0 Å². The van der Waals surface area contributed by atoms with Gasteiger partial charge in [-0.15, -0.1) is 0 Å². The lowest BCUT2D eigenvalue weighted by atomic mass is 10.2. The zero-order valence-corrected chi connectivity index (χ0v) is 19.9. The van der Waals surface area contributed by atoms with Gasteiger partial charge in [0, 0.05) is 5.56 Å². The number of rotatable bonds is 2. The van der Waals surface area contributed by atoms with Crippen LogP contribution in [0.15, 0.2) is 91.0 Å². The van der Waals surface area contributed by atoms with Crippen LogP contribution < -0.4 is 0 Å². The summed E-state index contributed by atoms with van der Waals surface area (Å²) in [5.41, 5.74) is 1.11. The van der Waals surface area contributed by atoms with Gasteiger partial charge in [-0.1, -0.05) is 108 Å². The predicted molar refractivity (Wildman–Crippen MR) is 132 cm³/mol. The zero-order valence-electron chi connectivity index (χ0n) is 19.9. The van der Waals surface area contributed by atoms with Gasteiger partial charge in [-0.05, 0) is 31.2 Å². The number of carbonyl (C=O) groups is 2. The van der Waals surface area contributed by atoms with Crippen LogP contribution in [0.4, 0.5) is 0 Å². The number of hydrogen-bond acceptors (Lipinski definition) is 3. The van der Waals surface area contributed by atoms with E-state index in [0.717, 1.165) is 5.56 Å². The molecule has 3 aromatic carbocycles. The number of hydrogen-bond donors (Lipinski definition) is 2. The lowest BCUT2D eigenvalue weighted by molar-refractivity contribution is 0.0696. The maximum Gasteiger partial charge on any atom is 0.335 e. The van der Waals surface area contributed by atoms with Gasteiger partial charge in [-0.25, -0.2) is 4.79 Å². The SMILES string of the molecule is CC.CC.CC.CC(=O)c1ccccc1.O=C(O)c1ccccc1.Oc1ccccc1. The number of aromatic hydroxyl groups is 1. The fourth-order valence-corrected chi connectivity index (χ4v) is 1.68. The Morgan fingerprint density at radius 3 is 1.00 bits per heavy atom. The second-order valence-corrected chi connectivity index (χ2v) is 4.93. The summed E-state index contributed by atoms with van der Waals surface area (Å²) in [6.45, 7) is 13.6. The molecule has 4 nitrogen and oxygen atoms in total. The Morgan fingerprint density at radius 1 is 0.548 bits per heavy atom. The summed E-state index contributed by atoms with van der Waals surface area (Å²) in [4.78, 5) is 20.8. The van der Waals surface area contributed by atoms with E-state index in [2.05, 4.69) is 0 Å². The number of carbonyl (C=O) groups excluding carboxylic acids is 1. The smallest absolute Gasteiger partial charge is 0.335 e. The lowest BCUT2D eigenvalue weighted by Crippen LogP contribution is -1.93. The van der Waals surface area contributed by atoms with Gasteiger partial charge in [-0.2, -0.15) is 0 Å². The number of Topliss-reactive ketones (excluding diaryl/α,β-unsaturated/α-hetero) is 1. The van der Waals surface area contributed by atoms with Crippen molar-refractivity contribution in [1.29, 1.82) is 0 Å². The maximum absolute atomic E-state index is 10.6. The minimum Gasteiger partial charge on any atom is -0.508 e. The Bertz CT molecular complexity index is 706. The highest BCUT2D eigenvalue weighted by Gasteiger charge is 1.96. The highest BCUT2D eigenvalue weighted by atomic mass is 16.4. The van der Waals surface area contributed by atoms with E-state index in [1.54, 1.807) is 61.5 Å². The van der Waals surface area contributed by atoms with E-state index in [1.807, 2.05) is 77.9 Å². The van der Waals surface area contributed by atoms with Crippen molar-refractivity contribution in [3.63, 3.8) is 0 Å². The lowest BCUT2D eigenvalue weighted by Gasteiger charge is -1.89. The van der Waals surface area contributed by atoms with Crippen LogP contribution in [-0.4, -0.2) is 22.0 Å². The Balaban J connectivity index is -0.000000340. The quantitative estimate of drug-likeness (QED) is 0.411. The highest BCUT2D eigenvalue weighted by molar-refractivity contribution is 5.93. The molecule has 0 aromatic heterocycles. The number of para-hydroxylation sites is 1. The third kappa shape index (κ3) is 19.7. The molecule has 0 aliphatic carbocycles. The topological polar surface area (TPSA) is 74.6 Å². The zero-order chi connectivity index (χ0) is 24.5. The molecule has 0 spiro atoms. The standard InChI is InChI=1S/C8H8O.C7H6O2.C6H6O.3C2H6/c1-7(9)8-5-3-2-4-6-8;8-7(9)6-4-2-1-3-5-6;7-6-4-2-1-3-5-6;3*1-2/h2-6H,1H3;1-5H,(H,8,9);1-5,7H;3*1-2H3. The van der Waals surface area contributed by atoms with Crippen molar-refractivity contribution in [2.45, 2.75) is 48.5 Å². The van der Waals surface area contributed by atoms with E-state index in [-0.39, 0.29) is 5.78 Å². The second kappa shape index (κ2) is 24.6. The molecule has 0 saturated heterocycles. The molecule has 0 fully saturated rings. The number of phenolic OH excluding ortho intramolecular Hbond substituents is 1. The molecule has 0 saturated carbocycles. The molecule has 31 heavy (non-hydrogen) atoms. The minimum absolute atomic E-state index is 0.121. The third-order valence-electron chi connectivity index (χ3n) is 2.96. The Labute approximate surface area is 188 Å². The van der Waals surface area contributed by atoms with Crippen molar-refractivity contribution in [2.24, 2.45) is 0 Å². The molecule has 4 heteroatoms. The molecule has 0 heterocycles. The fraction of sp³-hybridized carbons (Fsp3) is 0.259. The molecule has 3 aromatic rings. The largest absolute Gasteiger partial charge is 0.508 e. The van der Waals surface area contributed by atoms with Gasteiger partial charge < -0.3 is 10.2 Å². The first-order valence-electron chi connectivity index (χ1n) is 10.6. The average Bonchev–Trinajstić information content (AvgIpc) is 2.85. The summed E-state index contributed by atoms with van der Waals surface area (Å²) in [6.07, 6.45) is 0. The normalized spacial score (nSPS) is 7.71. The predicted octanol–water partition coefficient (Wildman–Crippen LogP) is 7.74. The van der Waals surface area contributed by atoms with Crippen molar-refractivity contribution in [3.8, 4) is 5.75 Å². The highest BCUT2D eigenvalue weighted by Crippen LogP contribution is 2.02. The summed E-state index contributed by atoms with van der Waals surface area (Å²) < 4.78 is 0. The minimum atomic E-state index is -0.879. The van der Waals surface area contributed by atoms with Crippen molar-refractivity contribution >= 4 is 11.8 Å². The number of carboxylic acid groups (broad SMARTS) is 1. The van der Waals surface area contributed by atoms with Crippen LogP contribution >= 0.6 is 0 Å². The van der Waals surface area contributed by atoms with Crippen molar-refractivity contribution in [1.82, 2.24) is 0 Å². The third-order valence-corrected chi connectivity index (χ3v) is 2.96. The molecule has 0 aliphatic rings. The molecule has 0 radical (unpaired) electrons. The maximum atomic E-state index is 10.6. The van der Waals surface area contributed by atoms with Crippen molar-refractivity contribution in [3.05, 3.63) is 102 Å². The second-order valence-electron chi connectivity index (χ2n) is 4.93. The van der Waals surface area contributed by atoms with Crippen molar-refractivity contribution in [2.75, 3.05) is 0 Å². The molecule has 0 aliphatic heterocycles. The van der Waals surface area contributed by atoms with Gasteiger partial charge in [0.15, 0.2) is 5.78 Å². The van der Waals surface area contributed by atoms with Gasteiger partial charge >= 0.3 is 5.97 Å². The van der Waals surface area contributed by atoms with E-state index in [9.17, 15) is 9.59 Å². The molecule has 0 amide bonds. The summed E-state index contributed by atoms with van der Waals surface area (Å²) in [5.74, 6) is -0.436. The number of ketones is 1. The van der Waals surface area contributed by atoms with Crippen LogP contribution in [-0.2, 0) is 0 Å². The first-order valence-corrected chi connectivity index (χ1v) is 10.6. The van der Waals surface area contributed by atoms with Crippen LogP contribution in [0.1, 0.15) is 69.2 Å². The average molecular weight is 427 g/mol. The monoisotopic (exact) mass is 426 g/mol. The molecular formula is C27H38O4. The molecule has 0 unspecified atom stereocenters. The number of carboxylic acids is 1. The molecule has 0 bridgehead atoms. The first-order chi connectivity index (χ1) is 15.0. The van der Waals surface area contributed by atoms with Crippen LogP contribution in [0.25, 0.3) is 0 Å². The van der Waals surface area contributed by atoms with Crippen LogP contribution in [0, 0.1) is 0 Å². The van der Waals surface area contributed by atoms with E-state index >= 15 is 0 Å². The van der Waals surface area contributed by atoms with Gasteiger partial charge in [0.1, 0.15) is 5.75 Å². The van der Waals surface area contributed by atoms with Crippen LogP contribution in [0.5, 0.6) is 5.75 Å². The van der Waals surface area contributed by atoms with E-state index in [0.29, 0.717) is 11.3 Å². The molecule has 170 valence electrons. The molecule has 0 atom stereocenters. The van der Waals surface area contributed by atoms with Crippen LogP contribution in [0.3, 0.4) is 0 Å². The van der Waals surface area contributed by atoms with E-state index < -0.39 is 5.97 Å². The fourth-order valence-electron chi connectivity index (χ4n) is 1.68. The van der Waals surface area contributed by atoms with E-state index in [4.69, 9.17) is 10.2 Å². The summed E-state index contributed by atoms with van der Waals surface area (Å²) >= 11 is 0.